The summed E-state index contributed by atoms with van der Waals surface area (Å²) >= 11 is 1.04. The Morgan fingerprint density at radius 1 is 1.32 bits per heavy atom. The Morgan fingerprint density at radius 3 is 2.57 bits per heavy atom. The molecule has 5 nitrogen and oxygen atoms in total. The van der Waals surface area contributed by atoms with E-state index in [2.05, 4.69) is 22.1 Å². The van der Waals surface area contributed by atoms with Crippen LogP contribution in [0, 0.1) is 5.92 Å². The van der Waals surface area contributed by atoms with E-state index in [1.54, 1.807) is 6.92 Å². The van der Waals surface area contributed by atoms with Crippen LogP contribution in [-0.4, -0.2) is 50.5 Å². The van der Waals surface area contributed by atoms with Crippen molar-refractivity contribution in [2.75, 3.05) is 12.3 Å². The molecule has 0 aliphatic heterocycles. The predicted octanol–water partition coefficient (Wildman–Crippen LogP) is 4.32. The Morgan fingerprint density at radius 2 is 2.00 bits per heavy atom. The van der Waals surface area contributed by atoms with Crippen molar-refractivity contribution in [1.82, 2.24) is 20.1 Å². The number of amides is 1. The second-order valence-corrected chi connectivity index (χ2v) is 7.96. The Bertz CT molecular complexity index is 802. The lowest BCUT2D eigenvalue weighted by Gasteiger charge is -2.30. The lowest BCUT2D eigenvalue weighted by Crippen LogP contribution is -2.46. The number of nitrogens with zero attached hydrogens (tertiary/aromatic N) is 3. The van der Waals surface area contributed by atoms with E-state index in [0.29, 0.717) is 11.0 Å². The number of H-pyrrole nitrogens is 1. The molecule has 1 heterocycles. The van der Waals surface area contributed by atoms with Crippen molar-refractivity contribution in [3.8, 4) is 11.4 Å². The molecule has 1 atom stereocenters. The summed E-state index contributed by atoms with van der Waals surface area (Å²) in [4.78, 5) is 17.7. The van der Waals surface area contributed by atoms with E-state index in [9.17, 15) is 18.0 Å². The van der Waals surface area contributed by atoms with Gasteiger partial charge in [-0.1, -0.05) is 43.0 Å². The molecule has 0 spiro atoms. The van der Waals surface area contributed by atoms with E-state index in [0.717, 1.165) is 41.5 Å². The smallest absolute Gasteiger partial charge is 0.330 e. The number of nitrogens with one attached hydrogen (secondary N) is 1. The largest absolute Gasteiger partial charge is 0.406 e. The molecule has 1 aliphatic rings. The highest BCUT2D eigenvalue weighted by atomic mass is 32.2. The predicted molar refractivity (Wildman–Crippen MR) is 102 cm³/mol. The Kier molecular flexibility index (Phi) is 6.32. The van der Waals surface area contributed by atoms with Crippen molar-refractivity contribution in [2.45, 2.75) is 50.5 Å². The van der Waals surface area contributed by atoms with E-state index in [1.807, 2.05) is 24.3 Å². The van der Waals surface area contributed by atoms with Gasteiger partial charge in [0.15, 0.2) is 5.82 Å². The molecule has 1 aromatic heterocycles. The number of aromatic amines is 1. The van der Waals surface area contributed by atoms with Gasteiger partial charge in [-0.3, -0.25) is 9.89 Å². The molecule has 1 amide bonds. The second kappa shape index (κ2) is 8.55. The van der Waals surface area contributed by atoms with Crippen molar-refractivity contribution in [3.63, 3.8) is 0 Å². The van der Waals surface area contributed by atoms with Crippen molar-refractivity contribution >= 4 is 17.7 Å². The number of benzene rings is 1. The summed E-state index contributed by atoms with van der Waals surface area (Å²) in [5.41, 5.74) is 2.07. The molecule has 1 fully saturated rings. The number of aromatic nitrogens is 3. The highest BCUT2D eigenvalue weighted by molar-refractivity contribution is 7.99. The van der Waals surface area contributed by atoms with E-state index in [-0.39, 0.29) is 11.7 Å². The topological polar surface area (TPSA) is 61.9 Å². The minimum Gasteiger partial charge on any atom is -0.330 e. The number of carbonyl (C=O) groups excluding carboxylic acids is 1. The minimum absolute atomic E-state index is 0.126. The average Bonchev–Trinajstić information content (AvgIpc) is 3.41. The van der Waals surface area contributed by atoms with Crippen LogP contribution >= 0.6 is 11.8 Å². The molecule has 0 saturated heterocycles. The lowest BCUT2D eigenvalue weighted by molar-refractivity contribution is -0.164. The van der Waals surface area contributed by atoms with E-state index in [1.165, 1.54) is 5.56 Å². The molecule has 152 valence electrons. The highest BCUT2D eigenvalue weighted by Gasteiger charge is 2.40. The lowest BCUT2D eigenvalue weighted by atomic mass is 10.1. The number of carbonyl (C=O) groups is 1. The maximum atomic E-state index is 12.9. The quantitative estimate of drug-likeness (QED) is 0.656. The van der Waals surface area contributed by atoms with Crippen LogP contribution in [-0.2, 0) is 11.2 Å². The molecule has 3 rings (SSSR count). The first-order chi connectivity index (χ1) is 13.3. The molecule has 1 saturated carbocycles. The standard InChI is InChI=1S/C19H23F3N4OS/c1-3-13-4-6-15(7-5-13)17-23-18(25-24-17)28-10-16(27)26(11-19(20,21)22)12(2)14-8-9-14/h4-7,12,14H,3,8-11H2,1-2H3,(H,23,24,25)/t12-/m1/s1. The van der Waals surface area contributed by atoms with Gasteiger partial charge in [0.2, 0.25) is 11.1 Å². The van der Waals surface area contributed by atoms with Crippen LogP contribution in [0.25, 0.3) is 11.4 Å². The van der Waals surface area contributed by atoms with E-state index < -0.39 is 24.7 Å². The molecule has 28 heavy (non-hydrogen) atoms. The zero-order valence-electron chi connectivity index (χ0n) is 15.8. The van der Waals surface area contributed by atoms with Gasteiger partial charge in [-0.15, -0.1) is 5.10 Å². The molecular weight excluding hydrogens is 389 g/mol. The van der Waals surface area contributed by atoms with E-state index >= 15 is 0 Å². The first kappa shape index (κ1) is 20.7. The van der Waals surface area contributed by atoms with Crippen LogP contribution in [0.4, 0.5) is 13.2 Å². The van der Waals surface area contributed by atoms with Crippen molar-refractivity contribution in [2.24, 2.45) is 5.92 Å². The number of hydrogen-bond donors (Lipinski definition) is 1. The van der Waals surface area contributed by atoms with Crippen LogP contribution in [0.15, 0.2) is 29.4 Å². The fourth-order valence-electron chi connectivity index (χ4n) is 3.03. The highest BCUT2D eigenvalue weighted by Crippen LogP contribution is 2.36. The molecule has 2 aromatic rings. The maximum Gasteiger partial charge on any atom is 0.406 e. The molecular formula is C19H23F3N4OS. The zero-order valence-corrected chi connectivity index (χ0v) is 16.6. The second-order valence-electron chi connectivity index (χ2n) is 7.02. The molecule has 1 aliphatic carbocycles. The van der Waals surface area contributed by atoms with Gasteiger partial charge in [0.25, 0.3) is 0 Å². The first-order valence-electron chi connectivity index (χ1n) is 9.27. The van der Waals surface area contributed by atoms with Crippen LogP contribution in [0.5, 0.6) is 0 Å². The number of hydrogen-bond acceptors (Lipinski definition) is 4. The molecule has 9 heteroatoms. The SMILES string of the molecule is CCc1ccc(-c2nc(SCC(=O)N(CC(F)(F)F)[C@H](C)C3CC3)n[nH]2)cc1. The van der Waals surface area contributed by atoms with Gasteiger partial charge >= 0.3 is 6.18 Å². The third-order valence-corrected chi connectivity index (χ3v) is 5.72. The normalized spacial score (nSPS) is 15.5. The van der Waals surface area contributed by atoms with Gasteiger partial charge in [0, 0.05) is 11.6 Å². The van der Waals surface area contributed by atoms with Crippen LogP contribution < -0.4 is 0 Å². The minimum atomic E-state index is -4.41. The van der Waals surface area contributed by atoms with Gasteiger partial charge in [-0.25, -0.2) is 4.98 Å². The Hall–Kier alpha value is -2.03. The van der Waals surface area contributed by atoms with Gasteiger partial charge in [0.1, 0.15) is 6.54 Å². The summed E-state index contributed by atoms with van der Waals surface area (Å²) in [6.07, 6.45) is -1.73. The van der Waals surface area contributed by atoms with Gasteiger partial charge in [0.05, 0.1) is 5.75 Å². The monoisotopic (exact) mass is 412 g/mol. The van der Waals surface area contributed by atoms with Crippen molar-refractivity contribution in [3.05, 3.63) is 29.8 Å². The van der Waals surface area contributed by atoms with Gasteiger partial charge in [-0.05, 0) is 37.7 Å². The van der Waals surface area contributed by atoms with Crippen LogP contribution in [0.1, 0.15) is 32.3 Å². The summed E-state index contributed by atoms with van der Waals surface area (Å²) < 4.78 is 38.7. The summed E-state index contributed by atoms with van der Waals surface area (Å²) in [6, 6.07) is 7.46. The van der Waals surface area contributed by atoms with Gasteiger partial charge in [-0.2, -0.15) is 13.2 Å². The average molecular weight is 412 g/mol. The molecule has 1 aromatic carbocycles. The van der Waals surface area contributed by atoms with Crippen LogP contribution in [0.3, 0.4) is 0 Å². The van der Waals surface area contributed by atoms with Crippen LogP contribution in [0.2, 0.25) is 0 Å². The number of rotatable bonds is 8. The summed E-state index contributed by atoms with van der Waals surface area (Å²) in [5.74, 6) is 0.0631. The molecule has 0 unspecified atom stereocenters. The fraction of sp³-hybridized carbons (Fsp3) is 0.526. The Balaban J connectivity index is 1.61. The van der Waals surface area contributed by atoms with Gasteiger partial charge < -0.3 is 4.90 Å². The number of thioether (sulfide) groups is 1. The molecule has 1 N–H and O–H groups in total. The summed E-state index contributed by atoms with van der Waals surface area (Å²) in [6.45, 7) is 2.55. The number of alkyl halides is 3. The Labute approximate surface area is 166 Å². The third-order valence-electron chi connectivity index (χ3n) is 4.89. The van der Waals surface area contributed by atoms with E-state index in [4.69, 9.17) is 0 Å². The third kappa shape index (κ3) is 5.50. The zero-order chi connectivity index (χ0) is 20.3. The van der Waals surface area contributed by atoms with Crippen molar-refractivity contribution in [1.29, 1.82) is 0 Å². The maximum absolute atomic E-state index is 12.9. The fourth-order valence-corrected chi connectivity index (χ4v) is 3.72. The summed E-state index contributed by atoms with van der Waals surface area (Å²) in [7, 11) is 0. The molecule has 0 bridgehead atoms. The summed E-state index contributed by atoms with van der Waals surface area (Å²) in [5, 5.41) is 7.22. The first-order valence-corrected chi connectivity index (χ1v) is 10.3. The number of halogens is 3. The van der Waals surface area contributed by atoms with Crippen molar-refractivity contribution < 1.29 is 18.0 Å². The molecule has 0 radical (unpaired) electrons. The number of aryl methyl sites for hydroxylation is 1.